The third-order valence-electron chi connectivity index (χ3n) is 2.27. The molecule has 1 atom stereocenters. The second-order valence-corrected chi connectivity index (χ2v) is 5.47. The number of nitrogens with one attached hydrogen (secondary N) is 1. The summed E-state index contributed by atoms with van der Waals surface area (Å²) in [5.41, 5.74) is 2.82. The Morgan fingerprint density at radius 2 is 2.31 bits per heavy atom. The molecule has 0 fully saturated rings. The maximum atomic E-state index is 5.87. The minimum Gasteiger partial charge on any atom is -0.381 e. The van der Waals surface area contributed by atoms with Gasteiger partial charge in [0.05, 0.1) is 4.34 Å². The van der Waals surface area contributed by atoms with E-state index in [1.54, 1.807) is 11.3 Å². The number of hydrogen-bond acceptors (Lipinski definition) is 4. The van der Waals surface area contributed by atoms with Crippen molar-refractivity contribution in [3.63, 3.8) is 0 Å². The van der Waals surface area contributed by atoms with Crippen LogP contribution in [0.15, 0.2) is 12.1 Å². The van der Waals surface area contributed by atoms with Crippen LogP contribution in [-0.2, 0) is 11.2 Å². The maximum Gasteiger partial charge on any atom is 0.0931 e. The summed E-state index contributed by atoms with van der Waals surface area (Å²) in [6.45, 7) is 3.68. The van der Waals surface area contributed by atoms with Crippen molar-refractivity contribution in [1.82, 2.24) is 5.43 Å². The van der Waals surface area contributed by atoms with Gasteiger partial charge >= 0.3 is 0 Å². The largest absolute Gasteiger partial charge is 0.381 e. The maximum absolute atomic E-state index is 5.87. The van der Waals surface area contributed by atoms with Gasteiger partial charge in [-0.15, -0.1) is 11.3 Å². The molecule has 1 unspecified atom stereocenters. The molecule has 5 heteroatoms. The highest BCUT2D eigenvalue weighted by Gasteiger charge is 2.09. The molecule has 1 aromatic heterocycles. The van der Waals surface area contributed by atoms with E-state index in [9.17, 15) is 0 Å². The molecule has 1 rings (SSSR count). The minimum atomic E-state index is 0.256. The molecule has 0 aliphatic carbocycles. The first-order chi connectivity index (χ1) is 7.76. The van der Waals surface area contributed by atoms with E-state index in [0.717, 1.165) is 36.8 Å². The van der Waals surface area contributed by atoms with Gasteiger partial charge in [-0.05, 0) is 31.4 Å². The van der Waals surface area contributed by atoms with Gasteiger partial charge in [0.15, 0.2) is 0 Å². The average Bonchev–Trinajstić information content (AvgIpc) is 2.68. The van der Waals surface area contributed by atoms with Gasteiger partial charge in [-0.3, -0.25) is 11.3 Å². The molecule has 0 saturated carbocycles. The van der Waals surface area contributed by atoms with Gasteiger partial charge < -0.3 is 4.74 Å². The summed E-state index contributed by atoms with van der Waals surface area (Å²) in [4.78, 5) is 1.25. The van der Waals surface area contributed by atoms with E-state index in [1.807, 2.05) is 12.1 Å². The number of hydrazine groups is 1. The van der Waals surface area contributed by atoms with Gasteiger partial charge in [-0.25, -0.2) is 0 Å². The summed E-state index contributed by atoms with van der Waals surface area (Å²) >= 11 is 7.48. The topological polar surface area (TPSA) is 47.3 Å². The SMILES string of the molecule is CCCOCCC(Cc1ccc(Cl)s1)NN. The summed E-state index contributed by atoms with van der Waals surface area (Å²) in [7, 11) is 0. The first-order valence-electron chi connectivity index (χ1n) is 5.54. The number of halogens is 1. The van der Waals surface area contributed by atoms with Gasteiger partial charge in [-0.2, -0.15) is 0 Å². The Hall–Kier alpha value is -0.130. The van der Waals surface area contributed by atoms with E-state index in [2.05, 4.69) is 12.3 Å². The Labute approximate surface area is 106 Å². The second kappa shape index (κ2) is 8.03. The van der Waals surface area contributed by atoms with Crippen molar-refractivity contribution < 1.29 is 4.74 Å². The highest BCUT2D eigenvalue weighted by Crippen LogP contribution is 2.22. The fourth-order valence-electron chi connectivity index (χ4n) is 1.42. The lowest BCUT2D eigenvalue weighted by Crippen LogP contribution is -2.37. The van der Waals surface area contributed by atoms with Crippen LogP contribution in [0.4, 0.5) is 0 Å². The van der Waals surface area contributed by atoms with Crippen molar-refractivity contribution in [1.29, 1.82) is 0 Å². The van der Waals surface area contributed by atoms with E-state index in [-0.39, 0.29) is 6.04 Å². The van der Waals surface area contributed by atoms with E-state index in [0.29, 0.717) is 0 Å². The van der Waals surface area contributed by atoms with Gasteiger partial charge in [0, 0.05) is 24.1 Å². The number of nitrogens with two attached hydrogens (primary N) is 1. The first-order valence-corrected chi connectivity index (χ1v) is 6.73. The molecule has 0 aliphatic heterocycles. The Morgan fingerprint density at radius 1 is 1.50 bits per heavy atom. The molecule has 0 aliphatic rings. The van der Waals surface area contributed by atoms with Crippen molar-refractivity contribution in [3.8, 4) is 0 Å². The Kier molecular flexibility index (Phi) is 7.00. The van der Waals surface area contributed by atoms with Crippen molar-refractivity contribution in [2.24, 2.45) is 5.84 Å². The molecular formula is C11H19ClN2OS. The normalized spacial score (nSPS) is 12.9. The minimum absolute atomic E-state index is 0.256. The third-order valence-corrected chi connectivity index (χ3v) is 3.52. The van der Waals surface area contributed by atoms with Crippen LogP contribution >= 0.6 is 22.9 Å². The zero-order valence-electron chi connectivity index (χ0n) is 9.54. The molecule has 0 spiro atoms. The Bertz CT molecular complexity index is 293. The molecule has 3 N–H and O–H groups in total. The predicted molar refractivity (Wildman–Crippen MR) is 69.9 cm³/mol. The number of ether oxygens (including phenoxy) is 1. The Morgan fingerprint density at radius 3 is 2.88 bits per heavy atom. The smallest absolute Gasteiger partial charge is 0.0931 e. The molecular weight excluding hydrogens is 244 g/mol. The predicted octanol–water partition coefficient (Wildman–Crippen LogP) is 2.59. The van der Waals surface area contributed by atoms with Gasteiger partial charge in [0.2, 0.25) is 0 Å². The lowest BCUT2D eigenvalue weighted by molar-refractivity contribution is 0.124. The van der Waals surface area contributed by atoms with E-state index < -0.39 is 0 Å². The standard InChI is InChI=1S/C11H19ClN2OS/c1-2-6-15-7-5-9(14-13)8-10-3-4-11(12)16-10/h3-4,9,14H,2,5-8,13H2,1H3. The lowest BCUT2D eigenvalue weighted by atomic mass is 10.1. The van der Waals surface area contributed by atoms with Crippen LogP contribution in [-0.4, -0.2) is 19.3 Å². The lowest BCUT2D eigenvalue weighted by Gasteiger charge is -2.14. The molecule has 16 heavy (non-hydrogen) atoms. The fourth-order valence-corrected chi connectivity index (χ4v) is 2.59. The fraction of sp³-hybridized carbons (Fsp3) is 0.636. The van der Waals surface area contributed by atoms with Crippen LogP contribution < -0.4 is 11.3 Å². The highest BCUT2D eigenvalue weighted by atomic mass is 35.5. The van der Waals surface area contributed by atoms with Crippen LogP contribution in [0.5, 0.6) is 0 Å². The van der Waals surface area contributed by atoms with E-state index in [4.69, 9.17) is 22.2 Å². The van der Waals surface area contributed by atoms with Crippen LogP contribution in [0.1, 0.15) is 24.6 Å². The molecule has 0 aromatic carbocycles. The molecule has 0 radical (unpaired) electrons. The monoisotopic (exact) mass is 262 g/mol. The second-order valence-electron chi connectivity index (χ2n) is 3.67. The van der Waals surface area contributed by atoms with Crippen LogP contribution in [0.25, 0.3) is 0 Å². The molecule has 1 aromatic rings. The Balaban J connectivity index is 2.26. The zero-order chi connectivity index (χ0) is 11.8. The van der Waals surface area contributed by atoms with Crippen LogP contribution in [0.2, 0.25) is 4.34 Å². The van der Waals surface area contributed by atoms with Gasteiger partial charge in [-0.1, -0.05) is 18.5 Å². The van der Waals surface area contributed by atoms with Gasteiger partial charge in [0.1, 0.15) is 0 Å². The van der Waals surface area contributed by atoms with Crippen molar-refractivity contribution in [2.75, 3.05) is 13.2 Å². The number of thiophene rings is 1. The molecule has 1 heterocycles. The molecule has 92 valence electrons. The third kappa shape index (κ3) is 5.27. The first kappa shape index (κ1) is 13.9. The van der Waals surface area contributed by atoms with Crippen LogP contribution in [0.3, 0.4) is 0 Å². The summed E-state index contributed by atoms with van der Waals surface area (Å²) in [6.07, 6.45) is 2.89. The molecule has 0 amide bonds. The summed E-state index contributed by atoms with van der Waals surface area (Å²) in [6, 6.07) is 4.22. The summed E-state index contributed by atoms with van der Waals surface area (Å²) < 4.78 is 6.27. The van der Waals surface area contributed by atoms with Crippen molar-refractivity contribution >= 4 is 22.9 Å². The quantitative estimate of drug-likeness (QED) is 0.430. The number of hydrogen-bond donors (Lipinski definition) is 2. The van der Waals surface area contributed by atoms with E-state index >= 15 is 0 Å². The summed E-state index contributed by atoms with van der Waals surface area (Å²) in [5, 5.41) is 0. The molecule has 0 bridgehead atoms. The zero-order valence-corrected chi connectivity index (χ0v) is 11.1. The van der Waals surface area contributed by atoms with Crippen molar-refractivity contribution in [3.05, 3.63) is 21.3 Å². The van der Waals surface area contributed by atoms with Crippen LogP contribution in [0, 0.1) is 0 Å². The van der Waals surface area contributed by atoms with Crippen molar-refractivity contribution in [2.45, 2.75) is 32.2 Å². The molecule has 3 nitrogen and oxygen atoms in total. The number of rotatable bonds is 8. The van der Waals surface area contributed by atoms with Gasteiger partial charge in [0.25, 0.3) is 0 Å². The highest BCUT2D eigenvalue weighted by molar-refractivity contribution is 7.16. The van der Waals surface area contributed by atoms with E-state index in [1.165, 1.54) is 4.88 Å². The average molecular weight is 263 g/mol. The molecule has 0 saturated heterocycles. The summed E-state index contributed by atoms with van der Waals surface area (Å²) in [5.74, 6) is 5.51.